The molecule has 3 rings (SSSR count). The lowest BCUT2D eigenvalue weighted by atomic mass is 9.62. The molecule has 1 spiro atoms. The summed E-state index contributed by atoms with van der Waals surface area (Å²) in [6.45, 7) is 12.4. The highest BCUT2D eigenvalue weighted by molar-refractivity contribution is 5.98. The number of carbonyl (C=O) groups is 3. The number of β-amino-alcohol motifs (C(OH)–C–C–N with tert-alkyl or cyclic N) is 1. The van der Waals surface area contributed by atoms with Gasteiger partial charge in [0.05, 0.1) is 24.7 Å². The van der Waals surface area contributed by atoms with Gasteiger partial charge in [-0.05, 0) is 32.6 Å². The maximum absolute atomic E-state index is 13.9. The maximum atomic E-state index is 13.9. The number of rotatable bonds is 11. The van der Waals surface area contributed by atoms with E-state index in [-0.39, 0.29) is 37.5 Å². The Balaban J connectivity index is 2.03. The summed E-state index contributed by atoms with van der Waals surface area (Å²) in [7, 11) is 0. The van der Waals surface area contributed by atoms with Crippen molar-refractivity contribution in [3.8, 4) is 0 Å². The molecule has 0 aromatic heterocycles. The molecule has 2 bridgehead atoms. The molecule has 2 amide bonds. The average molecular weight is 451 g/mol. The Hall–Kier alpha value is -1.93. The summed E-state index contributed by atoms with van der Waals surface area (Å²) in [5.74, 6) is -2.55. The van der Waals surface area contributed by atoms with Crippen LogP contribution in [0.2, 0.25) is 0 Å². The van der Waals surface area contributed by atoms with Crippen LogP contribution in [0.25, 0.3) is 0 Å². The fourth-order valence-electron chi connectivity index (χ4n) is 6.13. The molecule has 0 saturated carbocycles. The molecule has 0 aliphatic carbocycles. The largest absolute Gasteiger partial charge is 0.466 e. The first-order valence-corrected chi connectivity index (χ1v) is 11.9. The predicted octanol–water partition coefficient (Wildman–Crippen LogP) is 1.76. The van der Waals surface area contributed by atoms with Crippen LogP contribution >= 0.6 is 0 Å². The highest BCUT2D eigenvalue weighted by Gasteiger charge is 2.80. The van der Waals surface area contributed by atoms with Gasteiger partial charge < -0.3 is 24.4 Å². The number of fused-ring (bicyclic) bond motifs is 1. The molecule has 180 valence electrons. The van der Waals surface area contributed by atoms with Crippen molar-refractivity contribution in [1.82, 2.24) is 9.80 Å². The lowest BCUT2D eigenvalue weighted by Gasteiger charge is -2.37. The molecule has 3 aliphatic rings. The quantitative estimate of drug-likeness (QED) is 0.293. The third-order valence-electron chi connectivity index (χ3n) is 7.62. The standard InChI is InChI=1S/C24H38N2O6/c1-6-9-10-12-25(11-7-2)21(29)19-24-15-16(4)23(5,32-24)18(22(30)31-8-3)17(24)20(28)26(19)13-14-27/h7,16-19,27H,2,6,8-15H2,1,3-5H3/t16?,17-,18+,19?,23-,24?/m0/s1. The molecule has 3 unspecified atom stereocenters. The van der Waals surface area contributed by atoms with Crippen LogP contribution in [0.5, 0.6) is 0 Å². The van der Waals surface area contributed by atoms with Crippen LogP contribution in [0.3, 0.4) is 0 Å². The van der Waals surface area contributed by atoms with Crippen LogP contribution in [-0.2, 0) is 23.9 Å². The van der Waals surface area contributed by atoms with E-state index in [0.717, 1.165) is 19.3 Å². The number of nitrogens with zero attached hydrogens (tertiary/aromatic N) is 2. The first-order chi connectivity index (χ1) is 15.2. The van der Waals surface area contributed by atoms with E-state index in [1.54, 1.807) is 17.9 Å². The molecular formula is C24H38N2O6. The fraction of sp³-hybridized carbons (Fsp3) is 0.792. The van der Waals surface area contributed by atoms with E-state index in [9.17, 15) is 19.5 Å². The third kappa shape index (κ3) is 3.65. The van der Waals surface area contributed by atoms with Crippen LogP contribution in [0, 0.1) is 17.8 Å². The number of carbonyl (C=O) groups excluding carboxylic acids is 3. The number of aliphatic hydroxyl groups is 1. The normalized spacial score (nSPS) is 35.2. The second-order valence-electron chi connectivity index (χ2n) is 9.49. The SMILES string of the molecule is C=CCN(CCCCC)C(=O)C1N(CCO)C(=O)[C@@H]2[C@H](C(=O)OCC)[C@@]3(C)OC12CC3C. The van der Waals surface area contributed by atoms with Gasteiger partial charge in [0.1, 0.15) is 17.6 Å². The van der Waals surface area contributed by atoms with Crippen LogP contribution in [-0.4, -0.2) is 82.8 Å². The van der Waals surface area contributed by atoms with Gasteiger partial charge in [0, 0.05) is 19.6 Å². The van der Waals surface area contributed by atoms with E-state index in [1.807, 2.05) is 13.8 Å². The smallest absolute Gasteiger partial charge is 0.312 e. The summed E-state index contributed by atoms with van der Waals surface area (Å²) >= 11 is 0. The van der Waals surface area contributed by atoms with Gasteiger partial charge in [-0.1, -0.05) is 32.8 Å². The predicted molar refractivity (Wildman–Crippen MR) is 119 cm³/mol. The van der Waals surface area contributed by atoms with Crippen LogP contribution in [0.1, 0.15) is 53.4 Å². The first-order valence-electron chi connectivity index (χ1n) is 11.9. The van der Waals surface area contributed by atoms with E-state index >= 15 is 0 Å². The third-order valence-corrected chi connectivity index (χ3v) is 7.62. The molecular weight excluding hydrogens is 412 g/mol. The summed E-state index contributed by atoms with van der Waals surface area (Å²) in [4.78, 5) is 43.7. The Labute approximate surface area is 190 Å². The van der Waals surface area contributed by atoms with E-state index in [1.165, 1.54) is 4.90 Å². The van der Waals surface area contributed by atoms with Gasteiger partial charge in [-0.25, -0.2) is 0 Å². The monoisotopic (exact) mass is 450 g/mol. The van der Waals surface area contributed by atoms with Crippen molar-refractivity contribution in [1.29, 1.82) is 0 Å². The van der Waals surface area contributed by atoms with Crippen molar-refractivity contribution in [2.24, 2.45) is 17.8 Å². The number of aliphatic hydroxyl groups excluding tert-OH is 1. The summed E-state index contributed by atoms with van der Waals surface area (Å²) in [5, 5.41) is 9.68. The number of amides is 2. The van der Waals surface area contributed by atoms with E-state index in [0.29, 0.717) is 19.5 Å². The highest BCUT2D eigenvalue weighted by atomic mass is 16.6. The molecule has 0 radical (unpaired) electrons. The second-order valence-corrected chi connectivity index (χ2v) is 9.49. The molecule has 3 fully saturated rings. The minimum absolute atomic E-state index is 0.0222. The van der Waals surface area contributed by atoms with Gasteiger partial charge in [-0.3, -0.25) is 14.4 Å². The first kappa shape index (κ1) is 24.7. The van der Waals surface area contributed by atoms with Crippen LogP contribution in [0.15, 0.2) is 12.7 Å². The minimum atomic E-state index is -1.10. The van der Waals surface area contributed by atoms with E-state index < -0.39 is 35.0 Å². The molecule has 32 heavy (non-hydrogen) atoms. The van der Waals surface area contributed by atoms with Gasteiger partial charge in [-0.2, -0.15) is 0 Å². The molecule has 6 atom stereocenters. The van der Waals surface area contributed by atoms with Gasteiger partial charge in [0.25, 0.3) is 0 Å². The maximum Gasteiger partial charge on any atom is 0.312 e. The topological polar surface area (TPSA) is 96.4 Å². The molecule has 8 nitrogen and oxygen atoms in total. The van der Waals surface area contributed by atoms with Gasteiger partial charge >= 0.3 is 5.97 Å². The van der Waals surface area contributed by atoms with Crippen molar-refractivity contribution in [3.05, 3.63) is 12.7 Å². The average Bonchev–Trinajstić information content (AvgIpc) is 3.25. The van der Waals surface area contributed by atoms with Crippen molar-refractivity contribution >= 4 is 17.8 Å². The van der Waals surface area contributed by atoms with Crippen LogP contribution in [0.4, 0.5) is 0 Å². The Morgan fingerprint density at radius 1 is 1.38 bits per heavy atom. The molecule has 3 saturated heterocycles. The summed E-state index contributed by atoms with van der Waals surface area (Å²) in [5.41, 5.74) is -1.97. The number of likely N-dealkylation sites (tertiary alicyclic amines) is 1. The van der Waals surface area contributed by atoms with Crippen LogP contribution < -0.4 is 0 Å². The van der Waals surface area contributed by atoms with E-state index in [2.05, 4.69) is 13.5 Å². The Morgan fingerprint density at radius 3 is 2.69 bits per heavy atom. The zero-order valence-electron chi connectivity index (χ0n) is 19.8. The number of hydrogen-bond donors (Lipinski definition) is 1. The summed E-state index contributed by atoms with van der Waals surface area (Å²) < 4.78 is 11.9. The second kappa shape index (κ2) is 9.51. The van der Waals surface area contributed by atoms with Crippen molar-refractivity contribution < 1.29 is 29.0 Å². The zero-order chi connectivity index (χ0) is 23.7. The lowest BCUT2D eigenvalue weighted by molar-refractivity contribution is -0.162. The molecule has 1 N–H and O–H groups in total. The summed E-state index contributed by atoms with van der Waals surface area (Å²) in [6, 6.07) is -0.877. The summed E-state index contributed by atoms with van der Waals surface area (Å²) in [6.07, 6.45) is 5.07. The van der Waals surface area contributed by atoms with Crippen molar-refractivity contribution in [3.63, 3.8) is 0 Å². The number of esters is 1. The number of hydrogen-bond acceptors (Lipinski definition) is 6. The van der Waals surface area contributed by atoms with Crippen molar-refractivity contribution in [2.75, 3.05) is 32.8 Å². The number of ether oxygens (including phenoxy) is 2. The Morgan fingerprint density at radius 2 is 2.09 bits per heavy atom. The Bertz CT molecular complexity index is 757. The zero-order valence-corrected chi connectivity index (χ0v) is 19.8. The molecule has 0 aromatic rings. The van der Waals surface area contributed by atoms with Gasteiger partial charge in [-0.15, -0.1) is 6.58 Å². The lowest BCUT2D eigenvalue weighted by Crippen LogP contribution is -2.57. The molecule has 3 heterocycles. The fourth-order valence-corrected chi connectivity index (χ4v) is 6.13. The highest BCUT2D eigenvalue weighted by Crippen LogP contribution is 2.65. The Kier molecular flexibility index (Phi) is 7.34. The number of unbranched alkanes of at least 4 members (excludes halogenated alkanes) is 2. The van der Waals surface area contributed by atoms with E-state index in [4.69, 9.17) is 9.47 Å². The van der Waals surface area contributed by atoms with Gasteiger partial charge in [0.2, 0.25) is 11.8 Å². The molecule has 8 heteroatoms. The minimum Gasteiger partial charge on any atom is -0.466 e. The van der Waals surface area contributed by atoms with Gasteiger partial charge in [0.15, 0.2) is 0 Å². The van der Waals surface area contributed by atoms with Crippen molar-refractivity contribution in [2.45, 2.75) is 70.6 Å². The molecule has 3 aliphatic heterocycles. The molecule has 0 aromatic carbocycles.